The summed E-state index contributed by atoms with van der Waals surface area (Å²) in [5.74, 6) is 2.22. The molecule has 1 aromatic carbocycles. The van der Waals surface area contributed by atoms with Gasteiger partial charge in [0.1, 0.15) is 5.75 Å². The van der Waals surface area contributed by atoms with Gasteiger partial charge in [-0.05, 0) is 61.8 Å². The summed E-state index contributed by atoms with van der Waals surface area (Å²) in [6.07, 6.45) is 5.61. The number of hydrogen-bond donors (Lipinski definition) is 2. The minimum atomic E-state index is 0.357. The third-order valence-electron chi connectivity index (χ3n) is 4.29. The third-order valence-corrected chi connectivity index (χ3v) is 4.29. The van der Waals surface area contributed by atoms with E-state index in [-0.39, 0.29) is 0 Å². The second-order valence-corrected chi connectivity index (χ2v) is 5.42. The third kappa shape index (κ3) is 1.66. The van der Waals surface area contributed by atoms with Crippen LogP contribution in [0.5, 0.6) is 5.75 Å². The van der Waals surface area contributed by atoms with E-state index in [1.807, 2.05) is 12.1 Å². The summed E-state index contributed by atoms with van der Waals surface area (Å²) in [4.78, 5) is 0. The lowest BCUT2D eigenvalue weighted by Crippen LogP contribution is -2.26. The van der Waals surface area contributed by atoms with Crippen molar-refractivity contribution in [2.24, 2.45) is 11.8 Å². The average Bonchev–Trinajstić information content (AvgIpc) is 2.84. The molecule has 16 heavy (non-hydrogen) atoms. The molecule has 0 spiro atoms. The smallest absolute Gasteiger partial charge is 0.115 e. The summed E-state index contributed by atoms with van der Waals surface area (Å²) < 4.78 is 0. The number of benzene rings is 1. The van der Waals surface area contributed by atoms with Gasteiger partial charge in [-0.25, -0.2) is 0 Å². The Bertz CT molecular complexity index is 402. The van der Waals surface area contributed by atoms with Gasteiger partial charge in [-0.2, -0.15) is 0 Å². The van der Waals surface area contributed by atoms with Gasteiger partial charge in [0.15, 0.2) is 0 Å². The number of phenols is 1. The van der Waals surface area contributed by atoms with Crippen LogP contribution in [0, 0.1) is 18.8 Å². The van der Waals surface area contributed by atoms with Crippen molar-refractivity contribution in [2.45, 2.75) is 38.6 Å². The van der Waals surface area contributed by atoms with Crippen LogP contribution in [-0.4, -0.2) is 11.1 Å². The molecule has 2 saturated carbocycles. The summed E-state index contributed by atoms with van der Waals surface area (Å²) in [6.45, 7) is 2.05. The number of rotatable bonds is 2. The van der Waals surface area contributed by atoms with E-state index in [0.29, 0.717) is 11.8 Å². The van der Waals surface area contributed by atoms with Crippen molar-refractivity contribution in [3.63, 3.8) is 0 Å². The van der Waals surface area contributed by atoms with Crippen molar-refractivity contribution in [1.29, 1.82) is 0 Å². The molecule has 3 unspecified atom stereocenters. The molecule has 0 aliphatic heterocycles. The van der Waals surface area contributed by atoms with Crippen LogP contribution < -0.4 is 5.32 Å². The fraction of sp³-hybridized carbons (Fsp3) is 0.571. The quantitative estimate of drug-likeness (QED) is 0.745. The zero-order chi connectivity index (χ0) is 11.1. The number of aryl methyl sites for hydroxylation is 1. The van der Waals surface area contributed by atoms with Crippen LogP contribution in [0.4, 0.5) is 5.69 Å². The predicted octanol–water partition coefficient (Wildman–Crippen LogP) is 3.30. The first-order valence-corrected chi connectivity index (χ1v) is 6.28. The van der Waals surface area contributed by atoms with Crippen LogP contribution in [0.1, 0.15) is 31.2 Å². The minimum absolute atomic E-state index is 0.357. The molecule has 2 N–H and O–H groups in total. The Hall–Kier alpha value is -1.18. The molecule has 2 bridgehead atoms. The molecular formula is C14H19NO. The summed E-state index contributed by atoms with van der Waals surface area (Å²) in [5.41, 5.74) is 2.33. The van der Waals surface area contributed by atoms with E-state index >= 15 is 0 Å². The zero-order valence-electron chi connectivity index (χ0n) is 9.74. The molecule has 3 rings (SSSR count). The second-order valence-electron chi connectivity index (χ2n) is 5.42. The normalized spacial score (nSPS) is 31.9. The predicted molar refractivity (Wildman–Crippen MR) is 65.7 cm³/mol. The van der Waals surface area contributed by atoms with Gasteiger partial charge in [0.25, 0.3) is 0 Å². The number of phenolic OH excluding ortho intramolecular Hbond substituents is 1. The second kappa shape index (κ2) is 3.69. The first kappa shape index (κ1) is 10.0. The molecule has 0 saturated heterocycles. The van der Waals surface area contributed by atoms with Gasteiger partial charge >= 0.3 is 0 Å². The standard InChI is InChI=1S/C14H19NO/c1-9-6-12(16)4-5-13(9)15-14-8-10-2-3-11(14)7-10/h4-6,10-11,14-16H,2-3,7-8H2,1H3. The number of nitrogens with one attached hydrogen (secondary N) is 1. The van der Waals surface area contributed by atoms with Gasteiger partial charge < -0.3 is 10.4 Å². The van der Waals surface area contributed by atoms with Crippen molar-refractivity contribution in [2.75, 3.05) is 5.32 Å². The van der Waals surface area contributed by atoms with E-state index in [1.165, 1.54) is 31.4 Å². The fourth-order valence-corrected chi connectivity index (χ4v) is 3.43. The number of anilines is 1. The topological polar surface area (TPSA) is 32.3 Å². The van der Waals surface area contributed by atoms with Crippen LogP contribution in [-0.2, 0) is 0 Å². The van der Waals surface area contributed by atoms with Crippen molar-refractivity contribution in [3.05, 3.63) is 23.8 Å². The molecule has 0 heterocycles. The van der Waals surface area contributed by atoms with Gasteiger partial charge in [0.05, 0.1) is 0 Å². The monoisotopic (exact) mass is 217 g/mol. The van der Waals surface area contributed by atoms with Gasteiger partial charge in [0.2, 0.25) is 0 Å². The summed E-state index contributed by atoms with van der Waals surface area (Å²) in [6, 6.07) is 6.26. The number of fused-ring (bicyclic) bond motifs is 2. The van der Waals surface area contributed by atoms with E-state index in [9.17, 15) is 5.11 Å². The van der Waals surface area contributed by atoms with Gasteiger partial charge in [0, 0.05) is 11.7 Å². The molecular weight excluding hydrogens is 198 g/mol. The van der Waals surface area contributed by atoms with Crippen LogP contribution >= 0.6 is 0 Å². The highest BCUT2D eigenvalue weighted by atomic mass is 16.3. The Balaban J connectivity index is 1.74. The largest absolute Gasteiger partial charge is 0.508 e. The van der Waals surface area contributed by atoms with Crippen molar-refractivity contribution in [3.8, 4) is 5.75 Å². The Morgan fingerprint density at radius 1 is 1.25 bits per heavy atom. The fourth-order valence-electron chi connectivity index (χ4n) is 3.43. The molecule has 2 heteroatoms. The van der Waals surface area contributed by atoms with Crippen LogP contribution in [0.15, 0.2) is 18.2 Å². The molecule has 2 aliphatic rings. The van der Waals surface area contributed by atoms with E-state index in [0.717, 1.165) is 17.4 Å². The van der Waals surface area contributed by atoms with E-state index < -0.39 is 0 Å². The van der Waals surface area contributed by atoms with Crippen LogP contribution in [0.3, 0.4) is 0 Å². The first-order chi connectivity index (χ1) is 7.72. The first-order valence-electron chi connectivity index (χ1n) is 6.28. The molecule has 86 valence electrons. The minimum Gasteiger partial charge on any atom is -0.508 e. The van der Waals surface area contributed by atoms with Gasteiger partial charge in [-0.15, -0.1) is 0 Å². The molecule has 2 fully saturated rings. The Labute approximate surface area is 96.7 Å². The Kier molecular flexibility index (Phi) is 2.31. The highest BCUT2D eigenvalue weighted by molar-refractivity contribution is 5.54. The maximum absolute atomic E-state index is 9.38. The summed E-state index contributed by atoms with van der Waals surface area (Å²) in [7, 11) is 0. The molecule has 1 aromatic rings. The van der Waals surface area contributed by atoms with Gasteiger partial charge in [-0.3, -0.25) is 0 Å². The van der Waals surface area contributed by atoms with E-state index in [1.54, 1.807) is 6.07 Å². The van der Waals surface area contributed by atoms with E-state index in [2.05, 4.69) is 12.2 Å². The maximum Gasteiger partial charge on any atom is 0.115 e. The van der Waals surface area contributed by atoms with Crippen LogP contribution in [0.2, 0.25) is 0 Å². The molecule has 2 nitrogen and oxygen atoms in total. The van der Waals surface area contributed by atoms with E-state index in [4.69, 9.17) is 0 Å². The summed E-state index contributed by atoms with van der Waals surface area (Å²) in [5, 5.41) is 13.0. The molecule has 2 aliphatic carbocycles. The molecule has 0 radical (unpaired) electrons. The van der Waals surface area contributed by atoms with Crippen molar-refractivity contribution >= 4 is 5.69 Å². The van der Waals surface area contributed by atoms with Crippen LogP contribution in [0.25, 0.3) is 0 Å². The van der Waals surface area contributed by atoms with Crippen molar-refractivity contribution in [1.82, 2.24) is 0 Å². The average molecular weight is 217 g/mol. The molecule has 0 aromatic heterocycles. The highest BCUT2D eigenvalue weighted by Crippen LogP contribution is 2.45. The maximum atomic E-state index is 9.38. The number of aromatic hydroxyl groups is 1. The molecule has 3 atom stereocenters. The highest BCUT2D eigenvalue weighted by Gasteiger charge is 2.39. The molecule has 0 amide bonds. The Morgan fingerprint density at radius 3 is 2.75 bits per heavy atom. The Morgan fingerprint density at radius 2 is 2.12 bits per heavy atom. The lowest BCUT2D eigenvalue weighted by atomic mass is 9.95. The number of hydrogen-bond acceptors (Lipinski definition) is 2. The lowest BCUT2D eigenvalue weighted by molar-refractivity contribution is 0.439. The lowest BCUT2D eigenvalue weighted by Gasteiger charge is -2.25. The zero-order valence-corrected chi connectivity index (χ0v) is 9.74. The van der Waals surface area contributed by atoms with Gasteiger partial charge in [-0.1, -0.05) is 6.42 Å². The summed E-state index contributed by atoms with van der Waals surface area (Å²) >= 11 is 0. The SMILES string of the molecule is Cc1cc(O)ccc1NC1CC2CCC1C2. The van der Waals surface area contributed by atoms with Crippen molar-refractivity contribution < 1.29 is 5.11 Å².